The third-order valence-electron chi connectivity index (χ3n) is 5.47. The minimum absolute atomic E-state index is 0.106. The normalized spacial score (nSPS) is 21.4. The number of aryl methyl sites for hydroxylation is 2. The Balaban J connectivity index is 1.52. The molecule has 1 aliphatic carbocycles. The van der Waals surface area contributed by atoms with Crippen molar-refractivity contribution in [2.45, 2.75) is 64.7 Å². The summed E-state index contributed by atoms with van der Waals surface area (Å²) < 4.78 is 7.30. The van der Waals surface area contributed by atoms with Crippen LogP contribution in [0.2, 0.25) is 0 Å². The first-order valence-electron chi connectivity index (χ1n) is 9.07. The maximum atomic E-state index is 12.9. The molecule has 1 fully saturated rings. The van der Waals surface area contributed by atoms with E-state index in [1.54, 1.807) is 6.33 Å². The second kappa shape index (κ2) is 6.63. The van der Waals surface area contributed by atoms with Gasteiger partial charge in [-0.05, 0) is 26.7 Å². The molecule has 4 rings (SSSR count). The molecule has 7 nitrogen and oxygen atoms in total. The van der Waals surface area contributed by atoms with E-state index in [4.69, 9.17) is 4.52 Å². The molecule has 3 heterocycles. The van der Waals surface area contributed by atoms with Crippen LogP contribution in [0.3, 0.4) is 0 Å². The van der Waals surface area contributed by atoms with Gasteiger partial charge < -0.3 is 14.4 Å². The van der Waals surface area contributed by atoms with Crippen molar-refractivity contribution >= 4 is 5.91 Å². The zero-order chi connectivity index (χ0) is 17.4. The number of imidazole rings is 1. The van der Waals surface area contributed by atoms with E-state index in [1.165, 1.54) is 12.8 Å². The molecule has 134 valence electrons. The Morgan fingerprint density at radius 3 is 2.88 bits per heavy atom. The zero-order valence-electron chi connectivity index (χ0n) is 14.9. The van der Waals surface area contributed by atoms with Crippen LogP contribution in [0.4, 0.5) is 0 Å². The van der Waals surface area contributed by atoms with Gasteiger partial charge in [-0.2, -0.15) is 0 Å². The molecule has 0 radical (unpaired) electrons. The first-order chi connectivity index (χ1) is 12.1. The molecule has 2 aromatic heterocycles. The van der Waals surface area contributed by atoms with Crippen molar-refractivity contribution < 1.29 is 9.32 Å². The molecular formula is C18H25N5O2. The molecular weight excluding hydrogens is 318 g/mol. The van der Waals surface area contributed by atoms with Crippen LogP contribution in [-0.2, 0) is 17.9 Å². The smallest absolute Gasteiger partial charge is 0.244 e. The summed E-state index contributed by atoms with van der Waals surface area (Å²) in [5.74, 6) is 0.957. The molecule has 1 amide bonds. The lowest BCUT2D eigenvalue weighted by Crippen LogP contribution is -2.46. The minimum Gasteiger partial charge on any atom is -0.361 e. The number of carbonyl (C=O) groups excluding carboxylic acids is 1. The standard InChI is InChI=1S/C18H25N5O2/c1-12-16(13(2)25-21-12)9-22-8-15-7-19-11-23(15)17(10-22)18(24)20-14-5-3-4-6-14/h7,11,14,17H,3-6,8-10H2,1-2H3,(H,20,24). The number of hydrogen-bond donors (Lipinski definition) is 1. The number of aromatic nitrogens is 3. The molecule has 0 saturated heterocycles. The molecule has 1 saturated carbocycles. The molecule has 0 aromatic carbocycles. The Kier molecular flexibility index (Phi) is 4.33. The van der Waals surface area contributed by atoms with Gasteiger partial charge >= 0.3 is 0 Å². The monoisotopic (exact) mass is 343 g/mol. The van der Waals surface area contributed by atoms with E-state index < -0.39 is 0 Å². The average molecular weight is 343 g/mol. The third kappa shape index (κ3) is 3.20. The Morgan fingerprint density at radius 1 is 1.36 bits per heavy atom. The van der Waals surface area contributed by atoms with Crippen molar-refractivity contribution in [1.82, 2.24) is 24.9 Å². The lowest BCUT2D eigenvalue weighted by Gasteiger charge is -2.34. The highest BCUT2D eigenvalue weighted by atomic mass is 16.5. The lowest BCUT2D eigenvalue weighted by molar-refractivity contribution is -0.126. The van der Waals surface area contributed by atoms with Crippen molar-refractivity contribution in [2.24, 2.45) is 0 Å². The van der Waals surface area contributed by atoms with E-state index in [2.05, 4.69) is 20.4 Å². The van der Waals surface area contributed by atoms with Crippen LogP contribution in [-0.4, -0.2) is 38.1 Å². The van der Waals surface area contributed by atoms with Gasteiger partial charge in [-0.3, -0.25) is 9.69 Å². The summed E-state index contributed by atoms with van der Waals surface area (Å²) in [5, 5.41) is 7.28. The lowest BCUT2D eigenvalue weighted by atomic mass is 10.1. The van der Waals surface area contributed by atoms with Crippen molar-refractivity contribution in [2.75, 3.05) is 6.54 Å². The Bertz CT molecular complexity index is 740. The van der Waals surface area contributed by atoms with Gasteiger partial charge in [0.15, 0.2) is 0 Å². The summed E-state index contributed by atoms with van der Waals surface area (Å²) in [6.45, 7) is 6.08. The van der Waals surface area contributed by atoms with Gasteiger partial charge in [0.1, 0.15) is 11.8 Å². The number of rotatable bonds is 4. The first kappa shape index (κ1) is 16.3. The maximum absolute atomic E-state index is 12.9. The van der Waals surface area contributed by atoms with E-state index in [-0.39, 0.29) is 11.9 Å². The predicted molar refractivity (Wildman–Crippen MR) is 91.8 cm³/mol. The average Bonchev–Trinajstić information content (AvgIpc) is 3.32. The number of fused-ring (bicyclic) bond motifs is 1. The molecule has 2 aromatic rings. The van der Waals surface area contributed by atoms with Gasteiger partial charge in [-0.15, -0.1) is 0 Å². The van der Waals surface area contributed by atoms with Gasteiger partial charge in [0.05, 0.1) is 17.7 Å². The highest BCUT2D eigenvalue weighted by Crippen LogP contribution is 2.26. The van der Waals surface area contributed by atoms with Gasteiger partial charge in [-0.25, -0.2) is 4.98 Å². The molecule has 7 heteroatoms. The fourth-order valence-corrected chi connectivity index (χ4v) is 4.01. The minimum atomic E-state index is -0.229. The summed E-state index contributed by atoms with van der Waals surface area (Å²) in [7, 11) is 0. The molecule has 1 atom stereocenters. The summed E-state index contributed by atoms with van der Waals surface area (Å²) in [5.41, 5.74) is 3.11. The molecule has 25 heavy (non-hydrogen) atoms. The predicted octanol–water partition coefficient (Wildman–Crippen LogP) is 2.10. The summed E-state index contributed by atoms with van der Waals surface area (Å²) in [4.78, 5) is 19.4. The highest BCUT2D eigenvalue weighted by molar-refractivity contribution is 5.81. The number of carbonyl (C=O) groups is 1. The molecule has 1 aliphatic heterocycles. The summed E-state index contributed by atoms with van der Waals surface area (Å²) in [6, 6.07) is 0.102. The Morgan fingerprint density at radius 2 is 2.16 bits per heavy atom. The van der Waals surface area contributed by atoms with E-state index in [9.17, 15) is 4.79 Å². The van der Waals surface area contributed by atoms with Crippen LogP contribution in [0.5, 0.6) is 0 Å². The fourth-order valence-electron chi connectivity index (χ4n) is 4.01. The molecule has 0 bridgehead atoms. The molecule has 2 aliphatic rings. The highest BCUT2D eigenvalue weighted by Gasteiger charge is 2.32. The van der Waals surface area contributed by atoms with Gasteiger partial charge in [-0.1, -0.05) is 18.0 Å². The second-order valence-electron chi connectivity index (χ2n) is 7.27. The Labute approximate surface area is 147 Å². The molecule has 1 N–H and O–H groups in total. The van der Waals surface area contributed by atoms with Crippen LogP contribution in [0.25, 0.3) is 0 Å². The van der Waals surface area contributed by atoms with Crippen LogP contribution in [0.15, 0.2) is 17.0 Å². The summed E-state index contributed by atoms with van der Waals surface area (Å²) in [6.07, 6.45) is 8.25. The summed E-state index contributed by atoms with van der Waals surface area (Å²) >= 11 is 0. The van der Waals surface area contributed by atoms with Crippen LogP contribution >= 0.6 is 0 Å². The van der Waals surface area contributed by atoms with Crippen molar-refractivity contribution in [3.8, 4) is 0 Å². The van der Waals surface area contributed by atoms with Gasteiger partial charge in [0, 0.05) is 37.4 Å². The van der Waals surface area contributed by atoms with E-state index in [0.717, 1.165) is 48.6 Å². The van der Waals surface area contributed by atoms with Gasteiger partial charge in [0.2, 0.25) is 5.91 Å². The number of nitrogens with zero attached hydrogens (tertiary/aromatic N) is 4. The Hall–Kier alpha value is -2.15. The third-order valence-corrected chi connectivity index (χ3v) is 5.47. The molecule has 1 unspecified atom stereocenters. The zero-order valence-corrected chi connectivity index (χ0v) is 14.9. The number of hydrogen-bond acceptors (Lipinski definition) is 5. The van der Waals surface area contributed by atoms with Crippen molar-refractivity contribution in [3.05, 3.63) is 35.2 Å². The van der Waals surface area contributed by atoms with Crippen molar-refractivity contribution in [1.29, 1.82) is 0 Å². The molecule has 0 spiro atoms. The van der Waals surface area contributed by atoms with Crippen LogP contribution in [0, 0.1) is 13.8 Å². The first-order valence-corrected chi connectivity index (χ1v) is 9.07. The van der Waals surface area contributed by atoms with Crippen LogP contribution in [0.1, 0.15) is 54.4 Å². The van der Waals surface area contributed by atoms with Gasteiger partial charge in [0.25, 0.3) is 0 Å². The van der Waals surface area contributed by atoms with E-state index in [1.807, 2.05) is 24.6 Å². The van der Waals surface area contributed by atoms with Crippen LogP contribution < -0.4 is 5.32 Å². The van der Waals surface area contributed by atoms with E-state index >= 15 is 0 Å². The maximum Gasteiger partial charge on any atom is 0.244 e. The largest absolute Gasteiger partial charge is 0.361 e. The quantitative estimate of drug-likeness (QED) is 0.920. The topological polar surface area (TPSA) is 76.2 Å². The SMILES string of the molecule is Cc1noc(C)c1CN1Cc2cncn2C(C(=O)NC2CCCC2)C1. The number of nitrogens with one attached hydrogen (secondary N) is 1. The van der Waals surface area contributed by atoms with Crippen molar-refractivity contribution in [3.63, 3.8) is 0 Å². The number of amides is 1. The fraction of sp³-hybridized carbons (Fsp3) is 0.611. The second-order valence-corrected chi connectivity index (χ2v) is 7.27. The van der Waals surface area contributed by atoms with E-state index in [0.29, 0.717) is 12.6 Å².